The van der Waals surface area contributed by atoms with E-state index in [1.165, 1.54) is 10.4 Å². The Morgan fingerprint density at radius 3 is 2.50 bits per heavy atom. The summed E-state index contributed by atoms with van der Waals surface area (Å²) in [6.07, 6.45) is 2.93. The van der Waals surface area contributed by atoms with Gasteiger partial charge in [0.05, 0.1) is 4.90 Å². The van der Waals surface area contributed by atoms with Gasteiger partial charge in [-0.1, -0.05) is 31.4 Å². The van der Waals surface area contributed by atoms with Gasteiger partial charge in [0, 0.05) is 25.2 Å². The zero-order valence-electron chi connectivity index (χ0n) is 12.3. The predicted molar refractivity (Wildman–Crippen MR) is 83.4 cm³/mol. The van der Waals surface area contributed by atoms with Crippen molar-refractivity contribution >= 4 is 21.6 Å². The van der Waals surface area contributed by atoms with E-state index < -0.39 is 10.0 Å². The van der Waals surface area contributed by atoms with Crippen molar-refractivity contribution in [1.82, 2.24) is 4.31 Å². The van der Waals surface area contributed by atoms with Crippen molar-refractivity contribution in [3.63, 3.8) is 0 Å². The molecule has 0 saturated carbocycles. The van der Waals surface area contributed by atoms with Crippen LogP contribution in [0, 0.1) is 6.92 Å². The monoisotopic (exact) mass is 318 g/mol. The van der Waals surface area contributed by atoms with E-state index >= 15 is 0 Å². The van der Waals surface area contributed by atoms with Crippen LogP contribution < -0.4 is 5.73 Å². The topological polar surface area (TPSA) is 63.4 Å². The van der Waals surface area contributed by atoms with Crippen LogP contribution in [0.3, 0.4) is 0 Å². The molecular formula is C14H23ClN2O2S. The Labute approximate surface area is 127 Å². The summed E-state index contributed by atoms with van der Waals surface area (Å²) in [6.45, 7) is 4.64. The molecule has 1 aromatic rings. The number of sulfonamides is 1. The Bertz CT molecular complexity index is 559. The molecule has 1 rings (SSSR count). The quantitative estimate of drug-likeness (QED) is 0.786. The van der Waals surface area contributed by atoms with Crippen molar-refractivity contribution < 1.29 is 8.42 Å². The van der Waals surface area contributed by atoms with Gasteiger partial charge in [-0.15, -0.1) is 0 Å². The first-order chi connectivity index (χ1) is 9.34. The highest BCUT2D eigenvalue weighted by Crippen LogP contribution is 2.26. The highest BCUT2D eigenvalue weighted by atomic mass is 35.5. The number of hydrogen-bond acceptors (Lipinski definition) is 3. The van der Waals surface area contributed by atoms with Crippen LogP contribution in [0.2, 0.25) is 5.02 Å². The molecule has 0 aliphatic carbocycles. The highest BCUT2D eigenvalue weighted by Gasteiger charge is 2.24. The number of unbranched alkanes of at least 4 members (excludes halogenated alkanes) is 2. The van der Waals surface area contributed by atoms with E-state index in [9.17, 15) is 8.42 Å². The Morgan fingerprint density at radius 1 is 1.30 bits per heavy atom. The lowest BCUT2D eigenvalue weighted by molar-refractivity contribution is 0.454. The molecule has 0 aliphatic rings. The number of benzene rings is 1. The second-order valence-electron chi connectivity index (χ2n) is 4.93. The van der Waals surface area contributed by atoms with Crippen molar-refractivity contribution in [2.45, 2.75) is 44.6 Å². The molecule has 0 saturated heterocycles. The molecule has 0 atom stereocenters. The van der Waals surface area contributed by atoms with Crippen LogP contribution in [0.5, 0.6) is 0 Å². The van der Waals surface area contributed by atoms with Crippen LogP contribution in [0.15, 0.2) is 17.0 Å². The molecule has 0 bridgehead atoms. The maximum absolute atomic E-state index is 12.6. The van der Waals surface area contributed by atoms with Crippen LogP contribution in [0.1, 0.15) is 37.3 Å². The van der Waals surface area contributed by atoms with E-state index in [2.05, 4.69) is 6.92 Å². The molecule has 0 amide bonds. The number of rotatable bonds is 7. The molecule has 2 N–H and O–H groups in total. The summed E-state index contributed by atoms with van der Waals surface area (Å²) in [5.74, 6) is 0. The molecule has 1 aromatic carbocycles. The van der Waals surface area contributed by atoms with Crippen molar-refractivity contribution in [3.05, 3.63) is 28.3 Å². The Morgan fingerprint density at radius 2 is 1.95 bits per heavy atom. The number of nitrogens with two attached hydrogens (primary N) is 1. The fourth-order valence-electron chi connectivity index (χ4n) is 2.06. The summed E-state index contributed by atoms with van der Waals surface area (Å²) in [5.41, 5.74) is 7.08. The molecule has 114 valence electrons. The van der Waals surface area contributed by atoms with Crippen molar-refractivity contribution in [2.24, 2.45) is 5.73 Å². The molecule has 0 aliphatic heterocycles. The molecular weight excluding hydrogens is 296 g/mol. The maximum atomic E-state index is 12.6. The predicted octanol–water partition coefficient (Wildman–Crippen LogP) is 2.92. The highest BCUT2D eigenvalue weighted by molar-refractivity contribution is 7.89. The first kappa shape index (κ1) is 17.4. The average Bonchev–Trinajstić information content (AvgIpc) is 2.40. The minimum absolute atomic E-state index is 0.254. The fraction of sp³-hybridized carbons (Fsp3) is 0.571. The minimum Gasteiger partial charge on any atom is -0.326 e. The molecule has 6 heteroatoms. The minimum atomic E-state index is -3.51. The van der Waals surface area contributed by atoms with Gasteiger partial charge in [0.2, 0.25) is 10.0 Å². The second-order valence-corrected chi connectivity index (χ2v) is 7.38. The normalized spacial score (nSPS) is 12.1. The first-order valence-corrected chi connectivity index (χ1v) is 8.61. The van der Waals surface area contributed by atoms with Crippen molar-refractivity contribution in [2.75, 3.05) is 13.6 Å². The van der Waals surface area contributed by atoms with Gasteiger partial charge in [-0.05, 0) is 36.6 Å². The van der Waals surface area contributed by atoms with Crippen LogP contribution in [-0.2, 0) is 16.6 Å². The molecule has 20 heavy (non-hydrogen) atoms. The number of hydrogen-bond donors (Lipinski definition) is 1. The van der Waals surface area contributed by atoms with Gasteiger partial charge in [-0.25, -0.2) is 12.7 Å². The van der Waals surface area contributed by atoms with E-state index in [-0.39, 0.29) is 11.4 Å². The summed E-state index contributed by atoms with van der Waals surface area (Å²) >= 11 is 6.00. The number of nitrogens with zero attached hydrogens (tertiary/aromatic N) is 1. The molecule has 4 nitrogen and oxygen atoms in total. The molecule has 0 heterocycles. The van der Waals surface area contributed by atoms with E-state index in [1.54, 1.807) is 20.0 Å². The molecule has 0 fully saturated rings. The van der Waals surface area contributed by atoms with E-state index in [0.29, 0.717) is 17.1 Å². The van der Waals surface area contributed by atoms with Crippen LogP contribution in [0.25, 0.3) is 0 Å². The third-order valence-corrected chi connectivity index (χ3v) is 5.62. The van der Waals surface area contributed by atoms with Crippen LogP contribution in [0.4, 0.5) is 0 Å². The Balaban J connectivity index is 3.12. The SMILES string of the molecule is CCCCCN(C)S(=O)(=O)c1cc(Cl)cc(CN)c1C. The third kappa shape index (κ3) is 3.95. The summed E-state index contributed by atoms with van der Waals surface area (Å²) in [4.78, 5) is 0.254. The third-order valence-electron chi connectivity index (χ3n) is 3.42. The lowest BCUT2D eigenvalue weighted by Crippen LogP contribution is -2.29. The lowest BCUT2D eigenvalue weighted by Gasteiger charge is -2.20. The van der Waals surface area contributed by atoms with Gasteiger partial charge in [-0.3, -0.25) is 0 Å². The zero-order chi connectivity index (χ0) is 15.3. The molecule has 0 radical (unpaired) electrons. The van der Waals surface area contributed by atoms with E-state index in [0.717, 1.165) is 24.8 Å². The van der Waals surface area contributed by atoms with E-state index in [4.69, 9.17) is 17.3 Å². The molecule has 0 unspecified atom stereocenters. The molecule has 0 aromatic heterocycles. The van der Waals surface area contributed by atoms with Gasteiger partial charge in [-0.2, -0.15) is 0 Å². The van der Waals surface area contributed by atoms with Gasteiger partial charge in [0.15, 0.2) is 0 Å². The summed E-state index contributed by atoms with van der Waals surface area (Å²) in [7, 11) is -1.91. The van der Waals surface area contributed by atoms with Crippen LogP contribution in [-0.4, -0.2) is 26.3 Å². The number of halogens is 1. The van der Waals surface area contributed by atoms with Gasteiger partial charge < -0.3 is 5.73 Å². The second kappa shape index (κ2) is 7.41. The first-order valence-electron chi connectivity index (χ1n) is 6.80. The zero-order valence-corrected chi connectivity index (χ0v) is 13.9. The van der Waals surface area contributed by atoms with Gasteiger partial charge in [0.1, 0.15) is 0 Å². The standard InChI is InChI=1S/C14H23ClN2O2S/c1-4-5-6-7-17(3)20(18,19)14-9-13(15)8-12(10-16)11(14)2/h8-9H,4-7,10,16H2,1-3H3. The van der Waals surface area contributed by atoms with Crippen molar-refractivity contribution in [3.8, 4) is 0 Å². The molecule has 0 spiro atoms. The maximum Gasteiger partial charge on any atom is 0.243 e. The van der Waals surface area contributed by atoms with E-state index in [1.807, 2.05) is 0 Å². The summed E-state index contributed by atoms with van der Waals surface area (Å²) in [5, 5.41) is 0.400. The van der Waals surface area contributed by atoms with Crippen molar-refractivity contribution in [1.29, 1.82) is 0 Å². The largest absolute Gasteiger partial charge is 0.326 e. The average molecular weight is 319 g/mol. The van der Waals surface area contributed by atoms with Gasteiger partial charge in [0.25, 0.3) is 0 Å². The van der Waals surface area contributed by atoms with Crippen LogP contribution >= 0.6 is 11.6 Å². The summed E-state index contributed by atoms with van der Waals surface area (Å²) < 4.78 is 26.6. The smallest absolute Gasteiger partial charge is 0.243 e. The Hall–Kier alpha value is -0.620. The fourth-order valence-corrected chi connectivity index (χ4v) is 3.87. The lowest BCUT2D eigenvalue weighted by atomic mass is 10.1. The Kier molecular flexibility index (Phi) is 6.45. The van der Waals surface area contributed by atoms with Gasteiger partial charge >= 0.3 is 0 Å². The summed E-state index contributed by atoms with van der Waals surface area (Å²) in [6, 6.07) is 3.22.